The number of hydrogen-bond donors (Lipinski definition) is 1. The summed E-state index contributed by atoms with van der Waals surface area (Å²) in [7, 11) is 0. The lowest BCUT2D eigenvalue weighted by atomic mass is 10.1. The van der Waals surface area contributed by atoms with E-state index in [9.17, 15) is 13.2 Å². The van der Waals surface area contributed by atoms with E-state index >= 15 is 0 Å². The van der Waals surface area contributed by atoms with Gasteiger partial charge in [-0.15, -0.1) is 0 Å². The van der Waals surface area contributed by atoms with Gasteiger partial charge in [-0.2, -0.15) is 13.2 Å². The smallest absolute Gasteiger partial charge is 0.433 e. The second-order valence-corrected chi connectivity index (χ2v) is 4.32. The summed E-state index contributed by atoms with van der Waals surface area (Å²) >= 11 is 0. The first-order valence-corrected chi connectivity index (χ1v) is 5.96. The summed E-state index contributed by atoms with van der Waals surface area (Å²) in [6, 6.07) is 3.89. The lowest BCUT2D eigenvalue weighted by molar-refractivity contribution is -0.141. The number of rotatable bonds is 3. The van der Waals surface area contributed by atoms with Gasteiger partial charge in [-0.05, 0) is 25.5 Å². The molecule has 1 unspecified atom stereocenters. The molecule has 0 spiro atoms. The Balaban J connectivity index is 1.92. The zero-order valence-electron chi connectivity index (χ0n) is 9.83. The van der Waals surface area contributed by atoms with Crippen LogP contribution in [0.4, 0.5) is 13.2 Å². The largest absolute Gasteiger partial charge is 0.476 e. The van der Waals surface area contributed by atoms with Crippen LogP contribution in [0, 0.1) is 0 Å². The van der Waals surface area contributed by atoms with E-state index in [0.717, 1.165) is 31.9 Å². The number of halogens is 3. The van der Waals surface area contributed by atoms with Gasteiger partial charge in [0.1, 0.15) is 12.3 Å². The van der Waals surface area contributed by atoms with Gasteiger partial charge in [-0.3, -0.25) is 0 Å². The van der Waals surface area contributed by atoms with Crippen molar-refractivity contribution in [2.45, 2.75) is 31.5 Å². The molecule has 0 amide bonds. The Morgan fingerprint density at radius 3 is 2.83 bits per heavy atom. The topological polar surface area (TPSA) is 34.1 Å². The summed E-state index contributed by atoms with van der Waals surface area (Å²) in [6.45, 7) is 1.29. The van der Waals surface area contributed by atoms with Crippen LogP contribution in [-0.4, -0.2) is 24.2 Å². The van der Waals surface area contributed by atoms with Crippen molar-refractivity contribution in [1.82, 2.24) is 10.3 Å². The van der Waals surface area contributed by atoms with Gasteiger partial charge in [0, 0.05) is 12.1 Å². The summed E-state index contributed by atoms with van der Waals surface area (Å²) in [5, 5.41) is 3.26. The summed E-state index contributed by atoms with van der Waals surface area (Å²) in [5.41, 5.74) is -0.920. The molecule has 100 valence electrons. The van der Waals surface area contributed by atoms with E-state index < -0.39 is 11.9 Å². The highest BCUT2D eigenvalue weighted by Crippen LogP contribution is 2.28. The fourth-order valence-corrected chi connectivity index (χ4v) is 1.91. The minimum absolute atomic E-state index is 0.0252. The highest BCUT2D eigenvalue weighted by atomic mass is 19.4. The molecule has 0 bridgehead atoms. The van der Waals surface area contributed by atoms with Gasteiger partial charge in [0.05, 0.1) is 0 Å². The lowest BCUT2D eigenvalue weighted by Gasteiger charge is -2.23. The van der Waals surface area contributed by atoms with Gasteiger partial charge in [-0.25, -0.2) is 4.98 Å². The molecular weight excluding hydrogens is 245 g/mol. The summed E-state index contributed by atoms with van der Waals surface area (Å²) in [4.78, 5) is 3.45. The van der Waals surface area contributed by atoms with Crippen molar-refractivity contribution in [3.63, 3.8) is 0 Å². The summed E-state index contributed by atoms with van der Waals surface area (Å²) < 4.78 is 42.6. The molecule has 1 aromatic heterocycles. The monoisotopic (exact) mass is 260 g/mol. The van der Waals surface area contributed by atoms with Crippen molar-refractivity contribution >= 4 is 0 Å². The Morgan fingerprint density at radius 2 is 2.17 bits per heavy atom. The molecule has 0 aromatic carbocycles. The molecule has 1 aromatic rings. The van der Waals surface area contributed by atoms with Crippen LogP contribution in [0.25, 0.3) is 0 Å². The number of aromatic nitrogens is 1. The van der Waals surface area contributed by atoms with Gasteiger partial charge in [0.15, 0.2) is 0 Å². The van der Waals surface area contributed by atoms with Gasteiger partial charge in [-0.1, -0.05) is 12.5 Å². The van der Waals surface area contributed by atoms with Gasteiger partial charge < -0.3 is 10.1 Å². The standard InChI is InChI=1S/C12H15F3N2O/c13-12(14,15)10-5-3-6-11(17-10)18-8-9-4-1-2-7-16-9/h3,5-6,9,16H,1-2,4,7-8H2. The van der Waals surface area contributed by atoms with Crippen LogP contribution in [0.1, 0.15) is 25.0 Å². The van der Waals surface area contributed by atoms with Crippen LogP contribution in [0.3, 0.4) is 0 Å². The average Bonchev–Trinajstić information content (AvgIpc) is 2.37. The van der Waals surface area contributed by atoms with Crippen molar-refractivity contribution in [3.05, 3.63) is 23.9 Å². The lowest BCUT2D eigenvalue weighted by Crippen LogP contribution is -2.38. The fraction of sp³-hybridized carbons (Fsp3) is 0.583. The third kappa shape index (κ3) is 3.60. The van der Waals surface area contributed by atoms with E-state index in [1.165, 1.54) is 12.1 Å². The molecule has 0 aliphatic carbocycles. The Labute approximate surface area is 103 Å². The second-order valence-electron chi connectivity index (χ2n) is 4.32. The zero-order chi connectivity index (χ0) is 13.0. The van der Waals surface area contributed by atoms with E-state index in [1.54, 1.807) is 0 Å². The van der Waals surface area contributed by atoms with E-state index in [4.69, 9.17) is 4.74 Å². The highest BCUT2D eigenvalue weighted by Gasteiger charge is 2.32. The van der Waals surface area contributed by atoms with Crippen LogP contribution < -0.4 is 10.1 Å². The fourth-order valence-electron chi connectivity index (χ4n) is 1.91. The van der Waals surface area contributed by atoms with Crippen LogP contribution >= 0.6 is 0 Å². The normalized spacial score (nSPS) is 20.7. The molecule has 1 atom stereocenters. The molecule has 1 N–H and O–H groups in total. The number of pyridine rings is 1. The van der Waals surface area contributed by atoms with E-state index in [0.29, 0.717) is 6.61 Å². The first kappa shape index (κ1) is 13.1. The van der Waals surface area contributed by atoms with Crippen LogP contribution in [0.2, 0.25) is 0 Å². The molecule has 3 nitrogen and oxygen atoms in total. The van der Waals surface area contributed by atoms with Crippen LogP contribution in [0.15, 0.2) is 18.2 Å². The van der Waals surface area contributed by atoms with E-state index in [2.05, 4.69) is 10.3 Å². The molecule has 1 fully saturated rings. The molecule has 0 saturated carbocycles. The van der Waals surface area contributed by atoms with Crippen molar-refractivity contribution in [1.29, 1.82) is 0 Å². The minimum Gasteiger partial charge on any atom is -0.476 e. The maximum atomic E-state index is 12.4. The third-order valence-electron chi connectivity index (χ3n) is 2.86. The quantitative estimate of drug-likeness (QED) is 0.907. The maximum absolute atomic E-state index is 12.4. The second kappa shape index (κ2) is 5.56. The van der Waals surface area contributed by atoms with Crippen LogP contribution in [-0.2, 0) is 6.18 Å². The first-order chi connectivity index (χ1) is 8.55. The molecular formula is C12H15F3N2O. The van der Waals surface area contributed by atoms with Gasteiger partial charge >= 0.3 is 6.18 Å². The molecule has 0 radical (unpaired) electrons. The summed E-state index contributed by atoms with van der Waals surface area (Å²) in [5.74, 6) is 0.0252. The van der Waals surface area contributed by atoms with Gasteiger partial charge in [0.25, 0.3) is 0 Å². The zero-order valence-corrected chi connectivity index (χ0v) is 9.83. The Bertz CT molecular complexity index is 389. The van der Waals surface area contributed by atoms with Crippen molar-refractivity contribution in [2.24, 2.45) is 0 Å². The first-order valence-electron chi connectivity index (χ1n) is 5.96. The average molecular weight is 260 g/mol. The molecule has 6 heteroatoms. The number of ether oxygens (including phenoxy) is 1. The predicted molar refractivity (Wildman–Crippen MR) is 60.4 cm³/mol. The predicted octanol–water partition coefficient (Wildman–Crippen LogP) is 2.62. The summed E-state index contributed by atoms with van der Waals surface area (Å²) in [6.07, 6.45) is -1.18. The SMILES string of the molecule is FC(F)(F)c1cccc(OCC2CCCCN2)n1. The Morgan fingerprint density at radius 1 is 1.33 bits per heavy atom. The van der Waals surface area contributed by atoms with E-state index in [1.807, 2.05) is 0 Å². The minimum atomic E-state index is -4.43. The molecule has 1 aliphatic heterocycles. The molecule has 2 rings (SSSR count). The third-order valence-corrected chi connectivity index (χ3v) is 2.86. The molecule has 1 aliphatic rings. The molecule has 1 saturated heterocycles. The van der Waals surface area contributed by atoms with Gasteiger partial charge in [0.2, 0.25) is 5.88 Å². The van der Waals surface area contributed by atoms with Crippen molar-refractivity contribution in [2.75, 3.05) is 13.2 Å². The molecule has 18 heavy (non-hydrogen) atoms. The Kier molecular flexibility index (Phi) is 4.06. The maximum Gasteiger partial charge on any atom is 0.433 e. The Hall–Kier alpha value is -1.30. The number of nitrogens with one attached hydrogen (secondary N) is 1. The number of nitrogens with zero attached hydrogens (tertiary/aromatic N) is 1. The van der Waals surface area contributed by atoms with Crippen LogP contribution in [0.5, 0.6) is 5.88 Å². The highest BCUT2D eigenvalue weighted by molar-refractivity contribution is 5.17. The number of alkyl halides is 3. The van der Waals surface area contributed by atoms with E-state index in [-0.39, 0.29) is 11.9 Å². The molecule has 2 heterocycles. The van der Waals surface area contributed by atoms with Crippen molar-refractivity contribution in [3.8, 4) is 5.88 Å². The number of hydrogen-bond acceptors (Lipinski definition) is 3. The number of piperidine rings is 1. The van der Waals surface area contributed by atoms with Crippen molar-refractivity contribution < 1.29 is 17.9 Å².